The molecule has 104 valence electrons. The van der Waals surface area contributed by atoms with Crippen molar-refractivity contribution in [3.8, 4) is 17.4 Å². The van der Waals surface area contributed by atoms with Gasteiger partial charge in [-0.1, -0.05) is 19.1 Å². The van der Waals surface area contributed by atoms with Gasteiger partial charge in [-0.05, 0) is 36.8 Å². The summed E-state index contributed by atoms with van der Waals surface area (Å²) in [6.45, 7) is 2.75. The fourth-order valence-electron chi connectivity index (χ4n) is 1.52. The molecule has 0 saturated heterocycles. The molecule has 6 heteroatoms. The summed E-state index contributed by atoms with van der Waals surface area (Å²) < 4.78 is 11.1. The summed E-state index contributed by atoms with van der Waals surface area (Å²) in [5.74, 6) is 1.71. The van der Waals surface area contributed by atoms with E-state index in [1.54, 1.807) is 18.2 Å². The lowest BCUT2D eigenvalue weighted by Crippen LogP contribution is -2.12. The van der Waals surface area contributed by atoms with Gasteiger partial charge in [0.05, 0.1) is 18.4 Å². The van der Waals surface area contributed by atoms with Crippen molar-refractivity contribution in [2.75, 3.05) is 6.61 Å². The van der Waals surface area contributed by atoms with Crippen LogP contribution in [0, 0.1) is 0 Å². The average molecular weight is 289 g/mol. The van der Waals surface area contributed by atoms with Crippen LogP contribution >= 0.6 is 12.2 Å². The third-order valence-corrected chi connectivity index (χ3v) is 2.68. The molecule has 0 spiro atoms. The summed E-state index contributed by atoms with van der Waals surface area (Å²) in [5.41, 5.74) is 6.17. The molecule has 0 unspecified atom stereocenters. The first-order valence-corrected chi connectivity index (χ1v) is 6.63. The first-order valence-electron chi connectivity index (χ1n) is 6.23. The number of aromatic nitrogens is 2. The number of hydrogen-bond donors (Lipinski definition) is 1. The summed E-state index contributed by atoms with van der Waals surface area (Å²) in [4.78, 5) is 0.220. The van der Waals surface area contributed by atoms with Gasteiger partial charge >= 0.3 is 0 Å². The molecule has 2 rings (SSSR count). The Kier molecular flexibility index (Phi) is 4.84. The predicted octanol–water partition coefficient (Wildman–Crippen LogP) is 2.69. The average Bonchev–Trinajstić information content (AvgIpc) is 2.47. The fourth-order valence-corrected chi connectivity index (χ4v) is 1.67. The summed E-state index contributed by atoms with van der Waals surface area (Å²) in [7, 11) is 0. The van der Waals surface area contributed by atoms with Gasteiger partial charge in [-0.15, -0.1) is 5.10 Å². The number of nitrogens with two attached hydrogens (primary N) is 1. The highest BCUT2D eigenvalue weighted by Gasteiger charge is 2.09. The molecule has 20 heavy (non-hydrogen) atoms. The number of benzene rings is 1. The highest BCUT2D eigenvalue weighted by Crippen LogP contribution is 2.24. The van der Waals surface area contributed by atoms with Crippen LogP contribution in [-0.2, 0) is 0 Å². The number of ether oxygens (including phenoxy) is 2. The highest BCUT2D eigenvalue weighted by molar-refractivity contribution is 7.80. The van der Waals surface area contributed by atoms with E-state index in [-0.39, 0.29) is 4.99 Å². The molecule has 0 aliphatic rings. The summed E-state index contributed by atoms with van der Waals surface area (Å²) in [6, 6.07) is 8.93. The van der Waals surface area contributed by atoms with Gasteiger partial charge in [-0.3, -0.25) is 0 Å². The monoisotopic (exact) mass is 289 g/mol. The molecule has 0 aliphatic carbocycles. The van der Waals surface area contributed by atoms with E-state index in [2.05, 4.69) is 17.1 Å². The van der Waals surface area contributed by atoms with E-state index in [9.17, 15) is 0 Å². The topological polar surface area (TPSA) is 70.3 Å². The maximum absolute atomic E-state index is 5.63. The fraction of sp³-hybridized carbons (Fsp3) is 0.214. The Morgan fingerprint density at radius 3 is 2.55 bits per heavy atom. The molecule has 0 fully saturated rings. The first kappa shape index (κ1) is 14.2. The maximum Gasteiger partial charge on any atom is 0.249 e. The van der Waals surface area contributed by atoms with Gasteiger partial charge in [0.2, 0.25) is 5.88 Å². The lowest BCUT2D eigenvalue weighted by molar-refractivity contribution is 0.317. The Balaban J connectivity index is 2.12. The second-order valence-corrected chi connectivity index (χ2v) is 4.48. The first-order chi connectivity index (χ1) is 9.70. The van der Waals surface area contributed by atoms with Crippen LogP contribution in [0.2, 0.25) is 0 Å². The Morgan fingerprint density at radius 1 is 1.20 bits per heavy atom. The van der Waals surface area contributed by atoms with Crippen LogP contribution < -0.4 is 15.2 Å². The van der Waals surface area contributed by atoms with E-state index in [4.69, 9.17) is 27.4 Å². The van der Waals surface area contributed by atoms with Crippen LogP contribution in [0.3, 0.4) is 0 Å². The van der Waals surface area contributed by atoms with Crippen molar-refractivity contribution >= 4 is 17.2 Å². The van der Waals surface area contributed by atoms with Gasteiger partial charge < -0.3 is 15.2 Å². The lowest BCUT2D eigenvalue weighted by Gasteiger charge is -2.09. The molecule has 0 bridgehead atoms. The van der Waals surface area contributed by atoms with Gasteiger partial charge in [0.25, 0.3) is 0 Å². The van der Waals surface area contributed by atoms with E-state index in [1.165, 1.54) is 6.20 Å². The van der Waals surface area contributed by atoms with Crippen molar-refractivity contribution in [1.29, 1.82) is 0 Å². The summed E-state index contributed by atoms with van der Waals surface area (Å²) in [6.07, 6.45) is 2.48. The van der Waals surface area contributed by atoms with Crippen LogP contribution in [-0.4, -0.2) is 21.8 Å². The molecule has 0 radical (unpaired) electrons. The largest absolute Gasteiger partial charge is 0.494 e. The Bertz CT molecular complexity index is 587. The third kappa shape index (κ3) is 3.64. The van der Waals surface area contributed by atoms with Gasteiger partial charge in [0.15, 0.2) is 0 Å². The maximum atomic E-state index is 5.63. The Labute approximate surface area is 122 Å². The molecule has 5 nitrogen and oxygen atoms in total. The number of thiocarbonyl (C=S) groups is 1. The molecule has 0 saturated carbocycles. The van der Waals surface area contributed by atoms with Crippen molar-refractivity contribution in [3.63, 3.8) is 0 Å². The van der Waals surface area contributed by atoms with E-state index in [0.29, 0.717) is 23.8 Å². The predicted molar refractivity (Wildman–Crippen MR) is 80.2 cm³/mol. The smallest absolute Gasteiger partial charge is 0.249 e. The zero-order chi connectivity index (χ0) is 14.4. The van der Waals surface area contributed by atoms with E-state index < -0.39 is 0 Å². The van der Waals surface area contributed by atoms with Crippen LogP contribution in [0.15, 0.2) is 36.5 Å². The Hall–Kier alpha value is -2.21. The van der Waals surface area contributed by atoms with Crippen molar-refractivity contribution in [2.45, 2.75) is 13.3 Å². The second kappa shape index (κ2) is 6.81. The standard InChI is InChI=1S/C14H15N3O2S/c1-2-9-18-10-3-5-11(6-4-10)19-14-12(13(15)20)7-8-16-17-14/h3-8H,2,9H2,1H3,(H2,15,20). The highest BCUT2D eigenvalue weighted by atomic mass is 32.1. The van der Waals surface area contributed by atoms with Gasteiger partial charge in [-0.25, -0.2) is 0 Å². The molecule has 0 amide bonds. The molecule has 1 heterocycles. The molecule has 0 aliphatic heterocycles. The summed E-state index contributed by atoms with van der Waals surface area (Å²) >= 11 is 4.94. The Morgan fingerprint density at radius 2 is 1.90 bits per heavy atom. The molecular formula is C14H15N3O2S. The molecule has 1 aromatic heterocycles. The van der Waals surface area contributed by atoms with Crippen molar-refractivity contribution in [2.24, 2.45) is 5.73 Å². The minimum Gasteiger partial charge on any atom is -0.494 e. The molecular weight excluding hydrogens is 274 g/mol. The van der Waals surface area contributed by atoms with Gasteiger partial charge in [0.1, 0.15) is 16.5 Å². The SMILES string of the molecule is CCCOc1ccc(Oc2nnccc2C(N)=S)cc1. The van der Waals surface area contributed by atoms with Crippen molar-refractivity contribution in [1.82, 2.24) is 10.2 Å². The van der Waals surface area contributed by atoms with E-state index in [1.807, 2.05) is 12.1 Å². The van der Waals surface area contributed by atoms with Crippen LogP contribution in [0.25, 0.3) is 0 Å². The van der Waals surface area contributed by atoms with E-state index in [0.717, 1.165) is 12.2 Å². The zero-order valence-corrected chi connectivity index (χ0v) is 11.9. The zero-order valence-electron chi connectivity index (χ0n) is 11.1. The minimum atomic E-state index is 0.220. The molecule has 0 atom stereocenters. The molecule has 1 aromatic carbocycles. The van der Waals surface area contributed by atoms with Crippen LogP contribution in [0.4, 0.5) is 0 Å². The van der Waals surface area contributed by atoms with E-state index >= 15 is 0 Å². The van der Waals surface area contributed by atoms with Crippen molar-refractivity contribution < 1.29 is 9.47 Å². The van der Waals surface area contributed by atoms with Crippen LogP contribution in [0.1, 0.15) is 18.9 Å². The minimum absolute atomic E-state index is 0.220. The second-order valence-electron chi connectivity index (χ2n) is 4.04. The number of nitrogens with zero attached hydrogens (tertiary/aromatic N) is 2. The third-order valence-electron chi connectivity index (χ3n) is 2.46. The molecule has 2 N–H and O–H groups in total. The number of hydrogen-bond acceptors (Lipinski definition) is 5. The summed E-state index contributed by atoms with van der Waals surface area (Å²) in [5, 5.41) is 7.66. The van der Waals surface area contributed by atoms with Crippen molar-refractivity contribution in [3.05, 3.63) is 42.1 Å². The quantitative estimate of drug-likeness (QED) is 0.824. The van der Waals surface area contributed by atoms with Crippen LogP contribution in [0.5, 0.6) is 17.4 Å². The lowest BCUT2D eigenvalue weighted by atomic mass is 10.3. The normalized spacial score (nSPS) is 10.1. The van der Waals surface area contributed by atoms with Gasteiger partial charge in [0, 0.05) is 0 Å². The molecule has 2 aromatic rings. The number of rotatable bonds is 6. The van der Waals surface area contributed by atoms with Gasteiger partial charge in [-0.2, -0.15) is 5.10 Å².